The van der Waals surface area contributed by atoms with Gasteiger partial charge in [-0.1, -0.05) is 0 Å². The van der Waals surface area contributed by atoms with Crippen molar-refractivity contribution in [1.29, 1.82) is 0 Å². The van der Waals surface area contributed by atoms with E-state index in [9.17, 15) is 14.4 Å². The predicted molar refractivity (Wildman–Crippen MR) is 128 cm³/mol. The molecule has 0 bridgehead atoms. The Hall–Kier alpha value is -2.10. The number of allylic oxidation sites excluding steroid dienone is 3. The number of methoxy groups -OCH3 is 3. The van der Waals surface area contributed by atoms with Crippen molar-refractivity contribution in [2.24, 2.45) is 16.2 Å². The summed E-state index contributed by atoms with van der Waals surface area (Å²) < 4.78 is 32.9. The molecule has 0 atom stereocenters. The number of rotatable bonds is 9. The van der Waals surface area contributed by atoms with Gasteiger partial charge in [0.15, 0.2) is 0 Å². The van der Waals surface area contributed by atoms with Gasteiger partial charge in [-0.3, -0.25) is 0 Å². The van der Waals surface area contributed by atoms with Gasteiger partial charge in [-0.15, -0.1) is 0 Å². The van der Waals surface area contributed by atoms with Crippen molar-refractivity contribution in [3.8, 4) is 0 Å². The Kier molecular flexibility index (Phi) is 12.3. The fourth-order valence-corrected chi connectivity index (χ4v) is 7.96. The molecule has 0 aromatic rings. The monoisotopic (exact) mass is 586 g/mol. The molecule has 0 saturated carbocycles. The van der Waals surface area contributed by atoms with Gasteiger partial charge in [0.1, 0.15) is 0 Å². The fourth-order valence-electron chi connectivity index (χ4n) is 2.16. The SMILES string of the molecule is COC(=O)/C=C(\[O][In]([O]/C(=C\C(=O)OC)C(C)(C)C)[O]/C(=C\C(=O)OC)C(C)(C)C)C(C)(C)C. The van der Waals surface area contributed by atoms with Crippen molar-refractivity contribution in [1.82, 2.24) is 0 Å². The van der Waals surface area contributed by atoms with Crippen LogP contribution in [0.15, 0.2) is 35.5 Å². The quantitative estimate of drug-likeness (QED) is 0.169. The van der Waals surface area contributed by atoms with Crippen LogP contribution in [0.25, 0.3) is 0 Å². The molecule has 0 fully saturated rings. The Morgan fingerprint density at radius 1 is 0.500 bits per heavy atom. The standard InChI is InChI=1S/3C8H14O3.In/c3*1-8(2,3)6(9)5-7(10)11-4;/h3*5,9H,1-4H3;/q;;;+3/p-3/b3*6-5-;. The molecule has 0 heterocycles. The molecular weight excluding hydrogens is 547 g/mol. The van der Waals surface area contributed by atoms with Crippen LogP contribution in [0.1, 0.15) is 62.3 Å². The van der Waals surface area contributed by atoms with Gasteiger partial charge in [0.2, 0.25) is 0 Å². The number of ether oxygens (including phenoxy) is 3. The predicted octanol–water partition coefficient (Wildman–Crippen LogP) is 4.33. The summed E-state index contributed by atoms with van der Waals surface area (Å²) in [6, 6.07) is 0. The third kappa shape index (κ3) is 11.9. The Balaban J connectivity index is 6.63. The number of esters is 3. The van der Waals surface area contributed by atoms with E-state index >= 15 is 0 Å². The van der Waals surface area contributed by atoms with Crippen LogP contribution in [0.2, 0.25) is 0 Å². The summed E-state index contributed by atoms with van der Waals surface area (Å²) in [5.74, 6) is -0.930. The van der Waals surface area contributed by atoms with E-state index in [1.165, 1.54) is 39.6 Å². The Morgan fingerprint density at radius 3 is 0.853 bits per heavy atom. The van der Waals surface area contributed by atoms with Crippen molar-refractivity contribution in [3.63, 3.8) is 0 Å². The van der Waals surface area contributed by atoms with Gasteiger partial charge in [-0.25, -0.2) is 0 Å². The molecule has 0 aromatic heterocycles. The van der Waals surface area contributed by atoms with E-state index < -0.39 is 56.9 Å². The molecule has 0 radical (unpaired) electrons. The van der Waals surface area contributed by atoms with Crippen molar-refractivity contribution in [3.05, 3.63) is 35.5 Å². The van der Waals surface area contributed by atoms with Gasteiger partial charge in [0, 0.05) is 0 Å². The zero-order valence-corrected chi connectivity index (χ0v) is 25.8. The molecular formula is C24H39InO9. The molecule has 0 aromatic carbocycles. The van der Waals surface area contributed by atoms with Gasteiger partial charge in [0.05, 0.1) is 0 Å². The minimum atomic E-state index is -4.15. The van der Waals surface area contributed by atoms with Gasteiger partial charge < -0.3 is 0 Å². The van der Waals surface area contributed by atoms with Crippen LogP contribution in [-0.2, 0) is 37.2 Å². The average Bonchev–Trinajstić information content (AvgIpc) is 2.69. The summed E-state index contributed by atoms with van der Waals surface area (Å²) in [7, 11) is 3.79. The van der Waals surface area contributed by atoms with E-state index in [2.05, 4.69) is 0 Å². The number of carbonyl (C=O) groups excluding carboxylic acids is 3. The van der Waals surface area contributed by atoms with Gasteiger partial charge >= 0.3 is 213 Å². The van der Waals surface area contributed by atoms with Gasteiger partial charge in [0.25, 0.3) is 0 Å². The van der Waals surface area contributed by atoms with E-state index in [0.29, 0.717) is 0 Å². The molecule has 0 amide bonds. The summed E-state index contributed by atoms with van der Waals surface area (Å²) in [5, 5.41) is 0. The second-order valence-electron chi connectivity index (χ2n) is 10.5. The molecule has 0 aliphatic carbocycles. The average molecular weight is 586 g/mol. The Bertz CT molecular complexity index is 709. The van der Waals surface area contributed by atoms with Crippen LogP contribution in [0, 0.1) is 16.2 Å². The second-order valence-corrected chi connectivity index (χ2v) is 14.2. The van der Waals surface area contributed by atoms with Crippen molar-refractivity contribution in [2.75, 3.05) is 21.3 Å². The molecule has 10 heteroatoms. The van der Waals surface area contributed by atoms with Crippen LogP contribution in [0.5, 0.6) is 0 Å². The first kappa shape index (κ1) is 31.9. The third-order valence-electron chi connectivity index (χ3n) is 4.24. The second kappa shape index (κ2) is 13.1. The van der Waals surface area contributed by atoms with Crippen molar-refractivity contribution < 1.29 is 37.2 Å². The van der Waals surface area contributed by atoms with E-state index in [-0.39, 0.29) is 17.3 Å². The van der Waals surface area contributed by atoms with E-state index in [1.807, 2.05) is 62.3 Å². The minimum absolute atomic E-state index is 0.290. The third-order valence-corrected chi connectivity index (χ3v) is 8.06. The zero-order valence-electron chi connectivity index (χ0n) is 22.5. The number of carbonyl (C=O) groups is 3. The van der Waals surface area contributed by atoms with E-state index in [1.54, 1.807) is 0 Å². The number of hydrogen-bond acceptors (Lipinski definition) is 9. The first-order valence-electron chi connectivity index (χ1n) is 10.8. The number of hydrogen-bond donors (Lipinski definition) is 0. The molecule has 0 aliphatic rings. The molecule has 0 rings (SSSR count). The van der Waals surface area contributed by atoms with E-state index in [4.69, 9.17) is 22.8 Å². The Morgan fingerprint density at radius 2 is 0.706 bits per heavy atom. The summed E-state index contributed by atoms with van der Waals surface area (Å²) in [6.45, 7) is 16.7. The summed E-state index contributed by atoms with van der Waals surface area (Å²) in [4.78, 5) is 36.0. The maximum absolute atomic E-state index is 12.0. The van der Waals surface area contributed by atoms with Crippen LogP contribution >= 0.6 is 0 Å². The zero-order chi connectivity index (χ0) is 26.9. The molecule has 0 N–H and O–H groups in total. The summed E-state index contributed by atoms with van der Waals surface area (Å²) >= 11 is -4.15. The molecule has 0 spiro atoms. The fraction of sp³-hybridized carbons (Fsp3) is 0.625. The van der Waals surface area contributed by atoms with Crippen LogP contribution in [0.3, 0.4) is 0 Å². The first-order valence-corrected chi connectivity index (χ1v) is 14.8. The Labute approximate surface area is 212 Å². The van der Waals surface area contributed by atoms with Crippen LogP contribution in [0.4, 0.5) is 0 Å². The van der Waals surface area contributed by atoms with Gasteiger partial charge in [-0.05, 0) is 0 Å². The van der Waals surface area contributed by atoms with E-state index in [0.717, 1.165) is 0 Å². The molecule has 34 heavy (non-hydrogen) atoms. The summed E-state index contributed by atoms with van der Waals surface area (Å²) in [6.07, 6.45) is 3.70. The van der Waals surface area contributed by atoms with Crippen LogP contribution in [-0.4, -0.2) is 62.0 Å². The maximum atomic E-state index is 12.0. The molecule has 192 valence electrons. The van der Waals surface area contributed by atoms with Gasteiger partial charge in [-0.2, -0.15) is 0 Å². The topological polar surface area (TPSA) is 107 Å². The molecule has 9 nitrogen and oxygen atoms in total. The van der Waals surface area contributed by atoms with Crippen molar-refractivity contribution >= 4 is 40.7 Å². The van der Waals surface area contributed by atoms with Crippen molar-refractivity contribution in [2.45, 2.75) is 62.3 Å². The molecule has 0 saturated heterocycles. The summed E-state index contributed by atoms with van der Waals surface area (Å²) in [5.41, 5.74) is -1.80. The first-order chi connectivity index (χ1) is 15.3. The molecule has 0 aliphatic heterocycles. The molecule has 0 unspecified atom stereocenters. The van der Waals surface area contributed by atoms with Crippen LogP contribution < -0.4 is 0 Å². The normalized spacial score (nSPS) is 13.6.